The van der Waals surface area contributed by atoms with Gasteiger partial charge in [-0.1, -0.05) is 6.07 Å². The Morgan fingerprint density at radius 3 is 2.56 bits per heavy atom. The number of rotatable bonds is 6. The van der Waals surface area contributed by atoms with Crippen molar-refractivity contribution < 1.29 is 21.6 Å². The third kappa shape index (κ3) is 4.59. The van der Waals surface area contributed by atoms with Crippen LogP contribution in [0.2, 0.25) is 0 Å². The second-order valence-electron chi connectivity index (χ2n) is 6.85. The fourth-order valence-electron chi connectivity index (χ4n) is 2.98. The summed E-state index contributed by atoms with van der Waals surface area (Å²) < 4.78 is 50.3. The van der Waals surface area contributed by atoms with Crippen molar-refractivity contribution in [2.24, 2.45) is 5.92 Å². The predicted octanol–water partition coefficient (Wildman–Crippen LogP) is 0.680. The van der Waals surface area contributed by atoms with Crippen molar-refractivity contribution >= 4 is 25.8 Å². The van der Waals surface area contributed by atoms with Crippen LogP contribution in [0.15, 0.2) is 29.2 Å². The van der Waals surface area contributed by atoms with E-state index in [4.69, 9.17) is 0 Å². The number of sulfone groups is 1. The lowest BCUT2D eigenvalue weighted by molar-refractivity contribution is 0.0935. The average Bonchev–Trinajstić information content (AvgIpc) is 3.32. The second kappa shape index (κ2) is 6.69. The van der Waals surface area contributed by atoms with Gasteiger partial charge < -0.3 is 5.32 Å². The van der Waals surface area contributed by atoms with Crippen molar-refractivity contribution in [1.82, 2.24) is 10.0 Å². The maximum absolute atomic E-state index is 12.5. The first-order valence-corrected chi connectivity index (χ1v) is 11.6. The molecule has 1 aromatic rings. The van der Waals surface area contributed by atoms with Crippen molar-refractivity contribution in [3.8, 4) is 0 Å². The average molecular weight is 386 g/mol. The van der Waals surface area contributed by atoms with Crippen molar-refractivity contribution in [2.75, 3.05) is 11.5 Å². The van der Waals surface area contributed by atoms with Crippen LogP contribution in [0.25, 0.3) is 0 Å². The molecule has 2 N–H and O–H groups in total. The quantitative estimate of drug-likeness (QED) is 0.747. The predicted molar refractivity (Wildman–Crippen MR) is 93.5 cm³/mol. The minimum atomic E-state index is -3.88. The van der Waals surface area contributed by atoms with Crippen LogP contribution >= 0.6 is 0 Å². The molecule has 1 aromatic carbocycles. The summed E-state index contributed by atoms with van der Waals surface area (Å²) in [6, 6.07) is 5.23. The summed E-state index contributed by atoms with van der Waals surface area (Å²) in [7, 11) is -7.06. The monoisotopic (exact) mass is 386 g/mol. The van der Waals surface area contributed by atoms with Gasteiger partial charge in [0.15, 0.2) is 9.84 Å². The van der Waals surface area contributed by atoms with Crippen molar-refractivity contribution in [2.45, 2.75) is 43.2 Å². The fraction of sp³-hybridized carbons (Fsp3) is 0.562. The zero-order valence-corrected chi connectivity index (χ0v) is 15.6. The molecule has 0 aromatic heterocycles. The Morgan fingerprint density at radius 2 is 1.96 bits per heavy atom. The van der Waals surface area contributed by atoms with Gasteiger partial charge >= 0.3 is 0 Å². The molecule has 3 rings (SSSR count). The van der Waals surface area contributed by atoms with Crippen LogP contribution in [0.5, 0.6) is 0 Å². The molecule has 138 valence electrons. The first kappa shape index (κ1) is 18.3. The molecule has 1 saturated carbocycles. The van der Waals surface area contributed by atoms with Gasteiger partial charge in [-0.2, -0.15) is 0 Å². The fourth-order valence-corrected chi connectivity index (χ4v) is 6.08. The third-order valence-electron chi connectivity index (χ3n) is 4.65. The highest BCUT2D eigenvalue weighted by atomic mass is 32.2. The molecule has 1 saturated heterocycles. The van der Waals surface area contributed by atoms with Gasteiger partial charge in [-0.25, -0.2) is 21.6 Å². The molecule has 2 aliphatic rings. The van der Waals surface area contributed by atoms with Gasteiger partial charge in [-0.3, -0.25) is 4.79 Å². The molecule has 2 atom stereocenters. The van der Waals surface area contributed by atoms with Gasteiger partial charge in [0.05, 0.1) is 16.4 Å². The Kier molecular flexibility index (Phi) is 4.91. The molecule has 0 spiro atoms. The van der Waals surface area contributed by atoms with E-state index in [9.17, 15) is 21.6 Å². The Bertz CT molecular complexity index is 876. The van der Waals surface area contributed by atoms with Gasteiger partial charge in [-0.15, -0.1) is 0 Å². The van der Waals surface area contributed by atoms with Crippen LogP contribution in [0.3, 0.4) is 0 Å². The first-order valence-electron chi connectivity index (χ1n) is 8.30. The number of amides is 1. The van der Waals surface area contributed by atoms with Gasteiger partial charge in [0, 0.05) is 17.6 Å². The zero-order chi connectivity index (χ0) is 18.2. The number of hydrogen-bond donors (Lipinski definition) is 2. The minimum Gasteiger partial charge on any atom is -0.349 e. The summed E-state index contributed by atoms with van der Waals surface area (Å²) in [5, 5.41) is 2.89. The number of carbonyl (C=O) groups excluding carboxylic acids is 1. The molecule has 0 unspecified atom stereocenters. The van der Waals surface area contributed by atoms with E-state index in [1.54, 1.807) is 6.07 Å². The molecule has 25 heavy (non-hydrogen) atoms. The molecule has 1 aliphatic carbocycles. The highest BCUT2D eigenvalue weighted by Crippen LogP contribution is 2.32. The van der Waals surface area contributed by atoms with Crippen LogP contribution in [0.4, 0.5) is 0 Å². The summed E-state index contributed by atoms with van der Waals surface area (Å²) in [6.07, 6.45) is 2.47. The molecule has 1 heterocycles. The van der Waals surface area contributed by atoms with E-state index in [2.05, 4.69) is 10.0 Å². The van der Waals surface area contributed by atoms with E-state index < -0.39 is 25.9 Å². The molecule has 2 fully saturated rings. The van der Waals surface area contributed by atoms with Crippen LogP contribution in [0.1, 0.15) is 36.5 Å². The van der Waals surface area contributed by atoms with Crippen molar-refractivity contribution in [1.29, 1.82) is 0 Å². The SMILES string of the molecule is C[C@H](NC(=O)c1cccc(S(=O)(=O)N[C@@H]2CCS(=O)(=O)C2)c1)C1CC1. The van der Waals surface area contributed by atoms with Crippen molar-refractivity contribution in [3.05, 3.63) is 29.8 Å². The molecule has 1 aliphatic heterocycles. The first-order chi connectivity index (χ1) is 11.7. The van der Waals surface area contributed by atoms with Crippen molar-refractivity contribution in [3.63, 3.8) is 0 Å². The molecular weight excluding hydrogens is 364 g/mol. The molecule has 9 heteroatoms. The summed E-state index contributed by atoms with van der Waals surface area (Å²) >= 11 is 0. The van der Waals surface area contributed by atoms with E-state index in [1.807, 2.05) is 6.92 Å². The number of benzene rings is 1. The van der Waals surface area contributed by atoms with Crippen LogP contribution < -0.4 is 10.0 Å². The molecular formula is C16H22N2O5S2. The maximum atomic E-state index is 12.5. The topological polar surface area (TPSA) is 109 Å². The normalized spacial score (nSPS) is 24.0. The van der Waals surface area contributed by atoms with E-state index in [0.717, 1.165) is 12.8 Å². The van der Waals surface area contributed by atoms with E-state index in [0.29, 0.717) is 5.92 Å². The minimum absolute atomic E-state index is 0.0122. The Balaban J connectivity index is 1.72. The lowest BCUT2D eigenvalue weighted by atomic mass is 10.1. The summed E-state index contributed by atoms with van der Waals surface area (Å²) in [4.78, 5) is 12.3. The smallest absolute Gasteiger partial charge is 0.251 e. The number of carbonyl (C=O) groups is 1. The molecule has 1 amide bonds. The highest BCUT2D eigenvalue weighted by Gasteiger charge is 2.32. The largest absolute Gasteiger partial charge is 0.349 e. The number of hydrogen-bond acceptors (Lipinski definition) is 5. The lowest BCUT2D eigenvalue weighted by Gasteiger charge is -2.14. The van der Waals surface area contributed by atoms with E-state index in [1.165, 1.54) is 18.2 Å². The van der Waals surface area contributed by atoms with Gasteiger partial charge in [-0.05, 0) is 50.3 Å². The van der Waals surface area contributed by atoms with Crippen LogP contribution in [-0.2, 0) is 19.9 Å². The summed E-state index contributed by atoms with van der Waals surface area (Å²) in [6.45, 7) is 1.94. The maximum Gasteiger partial charge on any atom is 0.251 e. The number of nitrogens with one attached hydrogen (secondary N) is 2. The molecule has 7 nitrogen and oxygen atoms in total. The summed E-state index contributed by atoms with van der Waals surface area (Å²) in [5.74, 6) is -0.00533. The number of sulfonamides is 1. The van der Waals surface area contributed by atoms with Gasteiger partial charge in [0.2, 0.25) is 10.0 Å². The van der Waals surface area contributed by atoms with E-state index in [-0.39, 0.29) is 40.3 Å². The zero-order valence-electron chi connectivity index (χ0n) is 13.9. The third-order valence-corrected chi connectivity index (χ3v) is 7.93. The standard InChI is InChI=1S/C16H22N2O5S2/c1-11(12-5-6-12)17-16(19)13-3-2-4-15(9-13)25(22,23)18-14-7-8-24(20,21)10-14/h2-4,9,11-12,14,18H,5-8,10H2,1H3,(H,17,19)/t11-,14+/m0/s1. The summed E-state index contributed by atoms with van der Waals surface area (Å²) in [5.41, 5.74) is 0.273. The van der Waals surface area contributed by atoms with Gasteiger partial charge in [0.25, 0.3) is 5.91 Å². The Hall–Kier alpha value is -1.45. The van der Waals surface area contributed by atoms with Gasteiger partial charge in [0.1, 0.15) is 0 Å². The van der Waals surface area contributed by atoms with Crippen LogP contribution in [0, 0.1) is 5.92 Å². The Labute approximate surface area is 148 Å². The Morgan fingerprint density at radius 1 is 1.24 bits per heavy atom. The molecule has 0 radical (unpaired) electrons. The second-order valence-corrected chi connectivity index (χ2v) is 10.8. The lowest BCUT2D eigenvalue weighted by Crippen LogP contribution is -2.36. The highest BCUT2D eigenvalue weighted by molar-refractivity contribution is 7.92. The molecule has 0 bridgehead atoms. The van der Waals surface area contributed by atoms with E-state index >= 15 is 0 Å². The van der Waals surface area contributed by atoms with Crippen LogP contribution in [-0.4, -0.2) is 46.3 Å².